The summed E-state index contributed by atoms with van der Waals surface area (Å²) in [4.78, 5) is 0. The number of quaternary nitrogens is 1. The molecule has 0 heterocycles. The molecule has 0 saturated heterocycles. The minimum Gasteiger partial charge on any atom is -1.00 e. The molecular weight excluding hydrogens is 494 g/mol. The molecule has 0 radical (unpaired) electrons. The van der Waals surface area contributed by atoms with Crippen LogP contribution in [-0.2, 0) is 6.54 Å². The van der Waals surface area contributed by atoms with E-state index in [1.54, 1.807) is 0 Å². The summed E-state index contributed by atoms with van der Waals surface area (Å²) < 4.78 is 1.11. The minimum atomic E-state index is 0. The molecule has 0 atom stereocenters. The standard InChI is InChI=1S/C37H70N.ClH/c1-4-5-6-7-8-9-10-11-12-13-14-15-16-17-18-19-20-21-22-23-24-25-26-27-28-32-35-38(2,3)36-37-33-30-29-31-34-37;/h29-31,33-34H,4-28,32,35-36H2,1-3H3;1H/q+1;/p-1. The molecule has 0 amide bonds. The molecular formula is C37H70ClN. The van der Waals surface area contributed by atoms with E-state index in [2.05, 4.69) is 51.4 Å². The maximum absolute atomic E-state index is 2.38. The quantitative estimate of drug-likeness (QED) is 0.0672. The van der Waals surface area contributed by atoms with Crippen LogP contribution >= 0.6 is 0 Å². The molecule has 1 aromatic rings. The van der Waals surface area contributed by atoms with Gasteiger partial charge in [0.05, 0.1) is 20.6 Å². The first kappa shape index (κ1) is 38.5. The van der Waals surface area contributed by atoms with Crippen LogP contribution in [0.5, 0.6) is 0 Å². The summed E-state index contributed by atoms with van der Waals surface area (Å²) in [7, 11) is 4.76. The number of rotatable bonds is 29. The first-order valence-electron chi connectivity index (χ1n) is 17.5. The Hall–Kier alpha value is -0.530. The molecule has 1 aromatic carbocycles. The Kier molecular flexibility index (Phi) is 28.6. The van der Waals surface area contributed by atoms with Crippen molar-refractivity contribution in [2.75, 3.05) is 20.6 Å². The van der Waals surface area contributed by atoms with Gasteiger partial charge in [-0.1, -0.05) is 191 Å². The third kappa shape index (κ3) is 27.4. The Morgan fingerprint density at radius 3 is 1.00 bits per heavy atom. The van der Waals surface area contributed by atoms with Gasteiger partial charge in [0.25, 0.3) is 0 Å². The average molecular weight is 564 g/mol. The summed E-state index contributed by atoms with van der Waals surface area (Å²) in [5.74, 6) is 0. The molecule has 230 valence electrons. The lowest BCUT2D eigenvalue weighted by Crippen LogP contribution is -3.00. The molecule has 0 N–H and O–H groups in total. The van der Waals surface area contributed by atoms with Crippen LogP contribution in [0, 0.1) is 0 Å². The van der Waals surface area contributed by atoms with Crippen LogP contribution in [0.4, 0.5) is 0 Å². The molecule has 0 aromatic heterocycles. The maximum Gasteiger partial charge on any atom is 0.104 e. The van der Waals surface area contributed by atoms with Gasteiger partial charge >= 0.3 is 0 Å². The van der Waals surface area contributed by atoms with E-state index >= 15 is 0 Å². The van der Waals surface area contributed by atoms with Gasteiger partial charge in [0.1, 0.15) is 6.54 Å². The van der Waals surface area contributed by atoms with Crippen LogP contribution in [0.25, 0.3) is 0 Å². The lowest BCUT2D eigenvalue weighted by atomic mass is 10.0. The highest BCUT2D eigenvalue weighted by molar-refractivity contribution is 5.13. The third-order valence-electron chi connectivity index (χ3n) is 8.57. The number of unbranched alkanes of at least 4 members (excludes halogenated alkanes) is 25. The van der Waals surface area contributed by atoms with Gasteiger partial charge in [-0.15, -0.1) is 0 Å². The van der Waals surface area contributed by atoms with Crippen molar-refractivity contribution in [2.45, 2.75) is 180 Å². The summed E-state index contributed by atoms with van der Waals surface area (Å²) in [6.45, 7) is 4.76. The van der Waals surface area contributed by atoms with Crippen LogP contribution in [0.3, 0.4) is 0 Å². The lowest BCUT2D eigenvalue weighted by molar-refractivity contribution is -0.903. The highest BCUT2D eigenvalue weighted by Crippen LogP contribution is 2.17. The molecule has 0 bridgehead atoms. The van der Waals surface area contributed by atoms with Crippen molar-refractivity contribution in [3.63, 3.8) is 0 Å². The molecule has 0 aliphatic heterocycles. The number of benzene rings is 1. The molecule has 0 saturated carbocycles. The Morgan fingerprint density at radius 1 is 0.410 bits per heavy atom. The van der Waals surface area contributed by atoms with Crippen molar-refractivity contribution in [1.82, 2.24) is 0 Å². The maximum atomic E-state index is 2.38. The topological polar surface area (TPSA) is 0 Å². The van der Waals surface area contributed by atoms with Gasteiger partial charge in [-0.25, -0.2) is 0 Å². The highest BCUT2D eigenvalue weighted by atomic mass is 35.5. The van der Waals surface area contributed by atoms with E-state index in [1.807, 2.05) is 0 Å². The van der Waals surface area contributed by atoms with Crippen molar-refractivity contribution in [2.24, 2.45) is 0 Å². The van der Waals surface area contributed by atoms with Crippen LogP contribution in [0.1, 0.15) is 179 Å². The SMILES string of the molecule is CCCCCCCCCCCCCCCCCCCCCCCCCCCC[N+](C)(C)Cc1ccccc1.[Cl-]. The first-order chi connectivity index (χ1) is 18.6. The van der Waals surface area contributed by atoms with Gasteiger partial charge in [0, 0.05) is 5.56 Å². The molecule has 2 heteroatoms. The van der Waals surface area contributed by atoms with E-state index in [9.17, 15) is 0 Å². The predicted molar refractivity (Wildman–Crippen MR) is 173 cm³/mol. The fourth-order valence-corrected chi connectivity index (χ4v) is 6.01. The second kappa shape index (κ2) is 29.0. The summed E-state index contributed by atoms with van der Waals surface area (Å²) in [6, 6.07) is 11.0. The van der Waals surface area contributed by atoms with Crippen molar-refractivity contribution < 1.29 is 16.9 Å². The van der Waals surface area contributed by atoms with Crippen LogP contribution in [0.15, 0.2) is 30.3 Å². The van der Waals surface area contributed by atoms with E-state index in [1.165, 1.54) is 179 Å². The van der Waals surface area contributed by atoms with E-state index in [0.717, 1.165) is 11.0 Å². The van der Waals surface area contributed by atoms with Gasteiger partial charge in [-0.05, 0) is 12.8 Å². The van der Waals surface area contributed by atoms with Crippen molar-refractivity contribution in [3.8, 4) is 0 Å². The van der Waals surface area contributed by atoms with Crippen molar-refractivity contribution in [1.29, 1.82) is 0 Å². The van der Waals surface area contributed by atoms with Gasteiger partial charge < -0.3 is 16.9 Å². The van der Waals surface area contributed by atoms with Crippen molar-refractivity contribution >= 4 is 0 Å². The van der Waals surface area contributed by atoms with Gasteiger partial charge in [0.2, 0.25) is 0 Å². The molecule has 39 heavy (non-hydrogen) atoms. The summed E-state index contributed by atoms with van der Waals surface area (Å²) in [5, 5.41) is 0. The smallest absolute Gasteiger partial charge is 0.104 e. The Morgan fingerprint density at radius 2 is 0.692 bits per heavy atom. The molecule has 0 spiro atoms. The van der Waals surface area contributed by atoms with E-state index in [4.69, 9.17) is 0 Å². The van der Waals surface area contributed by atoms with Crippen LogP contribution in [0.2, 0.25) is 0 Å². The predicted octanol–water partition coefficient (Wildman–Crippen LogP) is 9.43. The number of halogens is 1. The normalized spacial score (nSPS) is 11.6. The van der Waals surface area contributed by atoms with Crippen molar-refractivity contribution in [3.05, 3.63) is 35.9 Å². The number of nitrogens with zero attached hydrogens (tertiary/aromatic N) is 1. The average Bonchev–Trinajstić information content (AvgIpc) is 2.91. The second-order valence-corrected chi connectivity index (χ2v) is 13.1. The lowest BCUT2D eigenvalue weighted by Gasteiger charge is -2.30. The number of hydrogen-bond donors (Lipinski definition) is 0. The monoisotopic (exact) mass is 564 g/mol. The molecule has 1 nitrogen and oxygen atoms in total. The Balaban J connectivity index is 0.0000144. The zero-order chi connectivity index (χ0) is 27.4. The molecule has 0 fully saturated rings. The summed E-state index contributed by atoms with van der Waals surface area (Å²) in [5.41, 5.74) is 1.47. The number of hydrogen-bond acceptors (Lipinski definition) is 0. The Bertz CT molecular complexity index is 584. The van der Waals surface area contributed by atoms with Crippen LogP contribution in [-0.4, -0.2) is 25.1 Å². The fourth-order valence-electron chi connectivity index (χ4n) is 6.01. The molecule has 0 aliphatic rings. The van der Waals surface area contributed by atoms with Gasteiger partial charge in [0.15, 0.2) is 0 Å². The second-order valence-electron chi connectivity index (χ2n) is 13.1. The molecule has 0 aliphatic carbocycles. The fraction of sp³-hybridized carbons (Fsp3) is 0.838. The van der Waals surface area contributed by atoms with Gasteiger partial charge in [-0.2, -0.15) is 0 Å². The zero-order valence-electron chi connectivity index (χ0n) is 27.0. The minimum absolute atomic E-state index is 0. The summed E-state index contributed by atoms with van der Waals surface area (Å²) >= 11 is 0. The van der Waals surface area contributed by atoms with Crippen LogP contribution < -0.4 is 12.4 Å². The molecule has 0 unspecified atom stereocenters. The molecule has 1 rings (SSSR count). The Labute approximate surface area is 253 Å². The van der Waals surface area contributed by atoms with E-state index < -0.39 is 0 Å². The van der Waals surface area contributed by atoms with E-state index in [0.29, 0.717) is 0 Å². The largest absolute Gasteiger partial charge is 1.00 e. The third-order valence-corrected chi connectivity index (χ3v) is 8.57. The summed E-state index contributed by atoms with van der Waals surface area (Å²) in [6.07, 6.45) is 38.1. The first-order valence-corrected chi connectivity index (χ1v) is 17.5. The van der Waals surface area contributed by atoms with E-state index in [-0.39, 0.29) is 12.4 Å². The van der Waals surface area contributed by atoms with Gasteiger partial charge in [-0.3, -0.25) is 0 Å². The zero-order valence-corrected chi connectivity index (χ0v) is 27.8. The highest BCUT2D eigenvalue weighted by Gasteiger charge is 2.14.